The van der Waals surface area contributed by atoms with Crippen LogP contribution in [0.2, 0.25) is 0 Å². The molecule has 3 nitrogen and oxygen atoms in total. The maximum Gasteiger partial charge on any atom is 0.172 e. The van der Waals surface area contributed by atoms with Crippen LogP contribution < -0.4 is 20.8 Å². The summed E-state index contributed by atoms with van der Waals surface area (Å²) in [6.45, 7) is 0. The summed E-state index contributed by atoms with van der Waals surface area (Å²) < 4.78 is 15.0. The molecule has 0 fully saturated rings. The second-order valence-electron chi connectivity index (χ2n) is 10.3. The minimum Gasteiger partial charge on any atom is -0.333 e. The zero-order valence-electron chi connectivity index (χ0n) is 21.2. The Kier molecular flexibility index (Phi) is 4.92. The number of fused-ring (bicyclic) bond motifs is 6. The minimum atomic E-state index is -2.98. The van der Waals surface area contributed by atoms with Gasteiger partial charge < -0.3 is 9.46 Å². The highest BCUT2D eigenvalue weighted by atomic mass is 31.2. The van der Waals surface area contributed by atoms with E-state index in [0.29, 0.717) is 0 Å². The smallest absolute Gasteiger partial charge is 0.172 e. The van der Waals surface area contributed by atoms with Crippen LogP contribution in [-0.2, 0) is 4.57 Å². The molecule has 3 unspecified atom stereocenters. The summed E-state index contributed by atoms with van der Waals surface area (Å²) >= 11 is 0. The van der Waals surface area contributed by atoms with Gasteiger partial charge in [0.2, 0.25) is 0 Å². The van der Waals surface area contributed by atoms with Crippen LogP contribution in [0, 0.1) is 0 Å². The third-order valence-electron chi connectivity index (χ3n) is 8.29. The molecule has 8 rings (SSSR count). The summed E-state index contributed by atoms with van der Waals surface area (Å²) in [6.07, 6.45) is 6.17. The maximum absolute atomic E-state index is 15.0. The van der Waals surface area contributed by atoms with Gasteiger partial charge in [0.1, 0.15) is 0 Å². The third-order valence-corrected chi connectivity index (χ3v) is 11.4. The zero-order chi connectivity index (χ0) is 26.0. The highest BCUT2D eigenvalue weighted by molar-refractivity contribution is 7.86. The summed E-state index contributed by atoms with van der Waals surface area (Å²) in [5.74, 6) is 0.180. The summed E-state index contributed by atoms with van der Waals surface area (Å²) in [4.78, 5) is 6.91. The van der Waals surface area contributed by atoms with Crippen LogP contribution in [0.25, 0.3) is 22.3 Å². The van der Waals surface area contributed by atoms with Gasteiger partial charge in [-0.25, -0.2) is 0 Å². The fourth-order valence-corrected chi connectivity index (χ4v) is 9.59. The summed E-state index contributed by atoms with van der Waals surface area (Å²) in [5.41, 5.74) is 8.01. The zero-order valence-corrected chi connectivity index (χ0v) is 22.1. The van der Waals surface area contributed by atoms with Crippen molar-refractivity contribution >= 4 is 40.6 Å². The van der Waals surface area contributed by atoms with E-state index in [1.54, 1.807) is 0 Å². The second-order valence-corrected chi connectivity index (χ2v) is 13.0. The van der Waals surface area contributed by atoms with Gasteiger partial charge >= 0.3 is 0 Å². The molecular formula is C35H25N2OP. The van der Waals surface area contributed by atoms with E-state index < -0.39 is 7.14 Å². The molecule has 5 aromatic carbocycles. The Hall–Kier alpha value is -4.46. The fraction of sp³-hybridized carbons (Fsp3) is 0.0571. The predicted octanol–water partition coefficient (Wildman–Crippen LogP) is 7.18. The molecule has 0 amide bonds. The van der Waals surface area contributed by atoms with Gasteiger partial charge in [-0.2, -0.15) is 0 Å². The van der Waals surface area contributed by atoms with E-state index in [-0.39, 0.29) is 12.0 Å². The quantitative estimate of drug-likeness (QED) is 0.232. The number of aliphatic imine (C=N–C) groups is 1. The van der Waals surface area contributed by atoms with Gasteiger partial charge in [-0.05, 0) is 64.2 Å². The monoisotopic (exact) mass is 520 g/mol. The van der Waals surface area contributed by atoms with Crippen molar-refractivity contribution in [3.63, 3.8) is 0 Å². The first-order chi connectivity index (χ1) is 19.2. The van der Waals surface area contributed by atoms with E-state index in [2.05, 4.69) is 95.0 Å². The Morgan fingerprint density at radius 1 is 0.667 bits per heavy atom. The van der Waals surface area contributed by atoms with Crippen molar-refractivity contribution in [3.8, 4) is 22.3 Å². The number of rotatable bonds is 3. The lowest BCUT2D eigenvalue weighted by Crippen LogP contribution is -2.29. The van der Waals surface area contributed by atoms with Crippen molar-refractivity contribution < 1.29 is 4.57 Å². The Labute approximate surface area is 228 Å². The van der Waals surface area contributed by atoms with Crippen molar-refractivity contribution in [1.29, 1.82) is 0 Å². The fourth-order valence-electron chi connectivity index (χ4n) is 6.50. The van der Waals surface area contributed by atoms with E-state index in [4.69, 9.17) is 0 Å². The number of benzene rings is 5. The van der Waals surface area contributed by atoms with Gasteiger partial charge in [-0.15, -0.1) is 0 Å². The van der Waals surface area contributed by atoms with Gasteiger partial charge in [-0.1, -0.05) is 91.0 Å². The molecule has 3 aliphatic heterocycles. The first-order valence-electron chi connectivity index (χ1n) is 13.3. The molecule has 0 N–H and O–H groups in total. The summed E-state index contributed by atoms with van der Waals surface area (Å²) in [7, 11) is -2.98. The third kappa shape index (κ3) is 3.24. The molecule has 0 aliphatic carbocycles. The van der Waals surface area contributed by atoms with Crippen LogP contribution in [-0.4, -0.2) is 12.3 Å². The number of anilines is 2. The Bertz CT molecular complexity index is 1860. The highest BCUT2D eigenvalue weighted by Gasteiger charge is 2.41. The van der Waals surface area contributed by atoms with E-state index in [0.717, 1.165) is 38.2 Å². The number of para-hydroxylation sites is 1. The van der Waals surface area contributed by atoms with E-state index >= 15 is 0 Å². The van der Waals surface area contributed by atoms with Gasteiger partial charge in [0.25, 0.3) is 0 Å². The van der Waals surface area contributed by atoms with Crippen LogP contribution in [0.5, 0.6) is 0 Å². The molecular weight excluding hydrogens is 495 g/mol. The standard InChI is InChI=1S/C35H25N2OP/c38-39(27-11-5-2-6-12-27)34-14-8-7-13-28(34)29-17-15-25(22-35(29)39)24-16-18-32-30(21-24)31-23-36-20-19-33(31)37(32)26-9-3-1-4-10-26/h1-23,31,33H. The Balaban J connectivity index is 1.28. The minimum absolute atomic E-state index is 0.180. The predicted molar refractivity (Wildman–Crippen MR) is 163 cm³/mol. The topological polar surface area (TPSA) is 32.7 Å². The van der Waals surface area contributed by atoms with Crippen molar-refractivity contribution in [2.45, 2.75) is 12.0 Å². The molecule has 0 radical (unpaired) electrons. The lowest BCUT2D eigenvalue weighted by molar-refractivity contribution is 0.593. The number of hydrogen-bond donors (Lipinski definition) is 0. The number of hydrogen-bond acceptors (Lipinski definition) is 3. The summed E-state index contributed by atoms with van der Waals surface area (Å²) in [6, 6.07) is 42.1. The van der Waals surface area contributed by atoms with Crippen molar-refractivity contribution in [1.82, 2.24) is 0 Å². The van der Waals surface area contributed by atoms with E-state index in [1.807, 2.05) is 54.7 Å². The van der Waals surface area contributed by atoms with Crippen molar-refractivity contribution in [3.05, 3.63) is 139 Å². The van der Waals surface area contributed by atoms with Gasteiger partial charge in [0.05, 0.1) is 6.04 Å². The van der Waals surface area contributed by atoms with Gasteiger partial charge in [-0.3, -0.25) is 4.99 Å². The maximum atomic E-state index is 15.0. The van der Waals surface area contributed by atoms with Gasteiger partial charge in [0, 0.05) is 45.6 Å². The van der Waals surface area contributed by atoms with Crippen LogP contribution in [0.1, 0.15) is 11.5 Å². The average Bonchev–Trinajstić information content (AvgIpc) is 3.48. The van der Waals surface area contributed by atoms with Crippen LogP contribution in [0.15, 0.2) is 139 Å². The van der Waals surface area contributed by atoms with Crippen molar-refractivity contribution in [2.24, 2.45) is 4.99 Å². The molecule has 4 heteroatoms. The first-order valence-corrected chi connectivity index (χ1v) is 15.0. The van der Waals surface area contributed by atoms with Crippen LogP contribution in [0.3, 0.4) is 0 Å². The molecule has 3 aliphatic rings. The first kappa shape index (κ1) is 22.5. The van der Waals surface area contributed by atoms with E-state index in [9.17, 15) is 4.57 Å². The largest absolute Gasteiger partial charge is 0.333 e. The lowest BCUT2D eigenvalue weighted by atomic mass is 9.92. The Morgan fingerprint density at radius 3 is 2.21 bits per heavy atom. The summed E-state index contributed by atoms with van der Waals surface area (Å²) in [5, 5.41) is 2.75. The molecule has 0 bridgehead atoms. The molecule has 39 heavy (non-hydrogen) atoms. The number of nitrogens with zero attached hydrogens (tertiary/aromatic N) is 2. The van der Waals surface area contributed by atoms with E-state index in [1.165, 1.54) is 16.9 Å². The SMILES string of the molecule is O=P1(c2ccccc2)c2ccccc2-c2ccc(-c3ccc4c(c3)C3C=NC=CC3N4c3ccccc3)cc21. The normalized spacial score (nSPS) is 21.8. The Morgan fingerprint density at radius 2 is 1.36 bits per heavy atom. The molecule has 0 aromatic heterocycles. The lowest BCUT2D eigenvalue weighted by Gasteiger charge is -2.28. The highest BCUT2D eigenvalue weighted by Crippen LogP contribution is 2.53. The van der Waals surface area contributed by atoms with Crippen molar-refractivity contribution in [2.75, 3.05) is 4.90 Å². The molecule has 5 aromatic rings. The van der Waals surface area contributed by atoms with Gasteiger partial charge in [0.15, 0.2) is 7.14 Å². The molecule has 3 atom stereocenters. The molecule has 186 valence electrons. The molecule has 0 spiro atoms. The average molecular weight is 521 g/mol. The van der Waals surface area contributed by atoms with Crippen LogP contribution in [0.4, 0.5) is 11.4 Å². The van der Waals surface area contributed by atoms with Crippen LogP contribution >= 0.6 is 7.14 Å². The second kappa shape index (κ2) is 8.53. The molecule has 3 heterocycles. The molecule has 0 saturated heterocycles. The molecule has 0 saturated carbocycles.